The molecule has 5 heteroatoms. The fourth-order valence-electron chi connectivity index (χ4n) is 2.42. The van der Waals surface area contributed by atoms with Crippen LogP contribution in [0.1, 0.15) is 31.4 Å². The maximum Gasteiger partial charge on any atom is 0.0684 e. The van der Waals surface area contributed by atoms with Gasteiger partial charge in [-0.15, -0.1) is 0 Å². The summed E-state index contributed by atoms with van der Waals surface area (Å²) in [6.07, 6.45) is 5.99. The number of aliphatic hydroxyl groups is 1. The third-order valence-electron chi connectivity index (χ3n) is 3.36. The van der Waals surface area contributed by atoms with E-state index in [-0.39, 0.29) is 6.10 Å². The Morgan fingerprint density at radius 2 is 2.22 bits per heavy atom. The van der Waals surface area contributed by atoms with Crippen LogP contribution < -0.4 is 5.32 Å². The number of nitrogens with one attached hydrogen (secondary N) is 1. The van der Waals surface area contributed by atoms with E-state index in [2.05, 4.69) is 42.2 Å². The second-order valence-electron chi connectivity index (χ2n) is 4.90. The molecule has 1 aliphatic carbocycles. The van der Waals surface area contributed by atoms with Crippen molar-refractivity contribution in [3.8, 4) is 0 Å². The molecule has 0 aromatic carbocycles. The van der Waals surface area contributed by atoms with Gasteiger partial charge < -0.3 is 10.4 Å². The molecule has 100 valence electrons. The van der Waals surface area contributed by atoms with Gasteiger partial charge in [0.1, 0.15) is 0 Å². The lowest BCUT2D eigenvalue weighted by Gasteiger charge is -2.26. The van der Waals surface area contributed by atoms with Gasteiger partial charge in [-0.2, -0.15) is 0 Å². The van der Waals surface area contributed by atoms with Crippen molar-refractivity contribution >= 4 is 31.9 Å². The van der Waals surface area contributed by atoms with Gasteiger partial charge in [-0.1, -0.05) is 6.42 Å². The summed E-state index contributed by atoms with van der Waals surface area (Å²) >= 11 is 6.90. The van der Waals surface area contributed by atoms with E-state index in [1.165, 1.54) is 6.42 Å². The summed E-state index contributed by atoms with van der Waals surface area (Å²) in [6, 6.07) is 2.01. The number of rotatable bonds is 4. The molecule has 1 aromatic heterocycles. The van der Waals surface area contributed by atoms with Crippen molar-refractivity contribution in [2.24, 2.45) is 5.92 Å². The first-order chi connectivity index (χ1) is 8.65. The van der Waals surface area contributed by atoms with Crippen molar-refractivity contribution < 1.29 is 5.11 Å². The molecule has 1 heterocycles. The highest BCUT2D eigenvalue weighted by Crippen LogP contribution is 2.24. The van der Waals surface area contributed by atoms with Crippen molar-refractivity contribution in [1.82, 2.24) is 10.3 Å². The van der Waals surface area contributed by atoms with Crippen LogP contribution in [0, 0.1) is 5.92 Å². The molecule has 1 aromatic rings. The van der Waals surface area contributed by atoms with Crippen molar-refractivity contribution in [3.05, 3.63) is 26.9 Å². The van der Waals surface area contributed by atoms with Crippen molar-refractivity contribution in [2.75, 3.05) is 6.54 Å². The minimum Gasteiger partial charge on any atom is -0.393 e. The fourth-order valence-corrected chi connectivity index (χ4v) is 3.54. The van der Waals surface area contributed by atoms with Gasteiger partial charge >= 0.3 is 0 Å². The van der Waals surface area contributed by atoms with Crippen LogP contribution in [0.3, 0.4) is 0 Å². The van der Waals surface area contributed by atoms with Gasteiger partial charge in [0.15, 0.2) is 0 Å². The summed E-state index contributed by atoms with van der Waals surface area (Å²) < 4.78 is 2.00. The van der Waals surface area contributed by atoms with Crippen molar-refractivity contribution in [3.63, 3.8) is 0 Å². The summed E-state index contributed by atoms with van der Waals surface area (Å²) in [7, 11) is 0. The molecule has 0 saturated heterocycles. The van der Waals surface area contributed by atoms with E-state index in [1.807, 2.05) is 12.3 Å². The monoisotopic (exact) mass is 376 g/mol. The number of aromatic nitrogens is 1. The molecule has 1 aliphatic rings. The zero-order chi connectivity index (χ0) is 13.0. The van der Waals surface area contributed by atoms with E-state index in [4.69, 9.17) is 0 Å². The first-order valence-electron chi connectivity index (χ1n) is 6.34. The van der Waals surface area contributed by atoms with Crippen LogP contribution >= 0.6 is 31.9 Å². The zero-order valence-electron chi connectivity index (χ0n) is 10.2. The van der Waals surface area contributed by atoms with Crippen LogP contribution in [0.25, 0.3) is 0 Å². The molecule has 2 unspecified atom stereocenters. The number of hydrogen-bond donors (Lipinski definition) is 2. The molecule has 2 atom stereocenters. The summed E-state index contributed by atoms with van der Waals surface area (Å²) in [6.45, 7) is 1.72. The number of aliphatic hydroxyl groups excluding tert-OH is 1. The van der Waals surface area contributed by atoms with E-state index in [9.17, 15) is 5.11 Å². The van der Waals surface area contributed by atoms with Crippen LogP contribution in [0.15, 0.2) is 21.2 Å². The predicted octanol–water partition coefficient (Wildman–Crippen LogP) is 3.25. The van der Waals surface area contributed by atoms with Crippen LogP contribution in [0.2, 0.25) is 0 Å². The Labute approximate surface area is 125 Å². The van der Waals surface area contributed by atoms with E-state index in [0.717, 1.165) is 47.0 Å². The van der Waals surface area contributed by atoms with E-state index < -0.39 is 0 Å². The Balaban J connectivity index is 1.77. The molecule has 1 fully saturated rings. The predicted molar refractivity (Wildman–Crippen MR) is 79.3 cm³/mol. The lowest BCUT2D eigenvalue weighted by Crippen LogP contribution is -2.29. The Hall–Kier alpha value is 0.0300. The van der Waals surface area contributed by atoms with Gasteiger partial charge in [-0.05, 0) is 69.7 Å². The van der Waals surface area contributed by atoms with E-state index in [0.29, 0.717) is 5.92 Å². The Morgan fingerprint density at radius 3 is 2.94 bits per heavy atom. The fraction of sp³-hybridized carbons (Fsp3) is 0.615. The quantitative estimate of drug-likeness (QED) is 0.846. The van der Waals surface area contributed by atoms with Gasteiger partial charge in [-0.25, -0.2) is 0 Å². The molecule has 3 nitrogen and oxygen atoms in total. The van der Waals surface area contributed by atoms with Gasteiger partial charge in [-0.3, -0.25) is 4.98 Å². The van der Waals surface area contributed by atoms with Gasteiger partial charge in [0.25, 0.3) is 0 Å². The minimum atomic E-state index is -0.0944. The molecular weight excluding hydrogens is 360 g/mol. The first kappa shape index (κ1) is 14.4. The third-order valence-corrected chi connectivity index (χ3v) is 4.48. The summed E-state index contributed by atoms with van der Waals surface area (Å²) in [4.78, 5) is 4.37. The average molecular weight is 378 g/mol. The molecule has 0 bridgehead atoms. The summed E-state index contributed by atoms with van der Waals surface area (Å²) in [5, 5.41) is 13.1. The molecule has 0 radical (unpaired) electrons. The van der Waals surface area contributed by atoms with Gasteiger partial charge in [0.05, 0.1) is 11.8 Å². The molecule has 0 aliphatic heterocycles. The molecule has 2 rings (SSSR count). The first-order valence-corrected chi connectivity index (χ1v) is 7.92. The second-order valence-corrected chi connectivity index (χ2v) is 6.67. The second kappa shape index (κ2) is 6.98. The van der Waals surface area contributed by atoms with Crippen LogP contribution in [-0.4, -0.2) is 22.7 Å². The molecule has 1 saturated carbocycles. The Kier molecular flexibility index (Phi) is 5.60. The molecule has 18 heavy (non-hydrogen) atoms. The van der Waals surface area contributed by atoms with Crippen molar-refractivity contribution in [2.45, 2.75) is 38.3 Å². The maximum atomic E-state index is 9.62. The number of hydrogen-bond acceptors (Lipinski definition) is 3. The van der Waals surface area contributed by atoms with Crippen LogP contribution in [0.4, 0.5) is 0 Å². The number of nitrogens with zero attached hydrogens (tertiary/aromatic N) is 1. The van der Waals surface area contributed by atoms with Gasteiger partial charge in [0, 0.05) is 21.7 Å². The third kappa shape index (κ3) is 4.30. The smallest absolute Gasteiger partial charge is 0.0684 e. The Bertz CT molecular complexity index is 401. The normalized spacial score (nSPS) is 24.2. The lowest BCUT2D eigenvalue weighted by molar-refractivity contribution is 0.101. The van der Waals surface area contributed by atoms with Crippen LogP contribution in [-0.2, 0) is 6.54 Å². The highest BCUT2D eigenvalue weighted by atomic mass is 79.9. The largest absolute Gasteiger partial charge is 0.393 e. The highest BCUT2D eigenvalue weighted by Gasteiger charge is 2.19. The number of pyridine rings is 1. The zero-order valence-corrected chi connectivity index (χ0v) is 13.4. The van der Waals surface area contributed by atoms with E-state index >= 15 is 0 Å². The lowest BCUT2D eigenvalue weighted by atomic mass is 9.87. The highest BCUT2D eigenvalue weighted by molar-refractivity contribution is 9.11. The van der Waals surface area contributed by atoms with Crippen LogP contribution in [0.5, 0.6) is 0 Å². The summed E-state index contributed by atoms with van der Waals surface area (Å²) in [5.74, 6) is 0.600. The Morgan fingerprint density at radius 1 is 1.39 bits per heavy atom. The topological polar surface area (TPSA) is 45.1 Å². The molecular formula is C13H18Br2N2O. The standard InChI is InChI=1S/C13H18Br2N2O/c14-10-5-12(15)13(17-7-10)8-16-6-9-2-1-3-11(18)4-9/h5,7,9,11,16,18H,1-4,6,8H2. The average Bonchev–Trinajstić information content (AvgIpc) is 2.32. The molecule has 2 N–H and O–H groups in total. The maximum absolute atomic E-state index is 9.62. The van der Waals surface area contributed by atoms with Gasteiger partial charge in [0.2, 0.25) is 0 Å². The van der Waals surface area contributed by atoms with Crippen molar-refractivity contribution in [1.29, 1.82) is 0 Å². The molecule has 0 amide bonds. The van der Waals surface area contributed by atoms with E-state index in [1.54, 1.807) is 0 Å². The SMILES string of the molecule is OC1CCCC(CNCc2ncc(Br)cc2Br)C1. The minimum absolute atomic E-state index is 0.0944. The summed E-state index contributed by atoms with van der Waals surface area (Å²) in [5.41, 5.74) is 1.02. The number of halogens is 2. The molecule has 0 spiro atoms.